The molecule has 0 saturated heterocycles. The Bertz CT molecular complexity index is 952. The zero-order valence-corrected chi connectivity index (χ0v) is 15.2. The van der Waals surface area contributed by atoms with Crippen molar-refractivity contribution in [3.63, 3.8) is 0 Å². The molecule has 0 aliphatic carbocycles. The minimum atomic E-state index is -0.956. The summed E-state index contributed by atoms with van der Waals surface area (Å²) in [5, 5.41) is 5.34. The number of hydrogen-bond donors (Lipinski definition) is 1. The highest BCUT2D eigenvalue weighted by atomic mass is 32.2. The summed E-state index contributed by atoms with van der Waals surface area (Å²) >= 11 is 1.46. The summed E-state index contributed by atoms with van der Waals surface area (Å²) in [5.41, 5.74) is 6.91. The maximum atomic E-state index is 13.4. The van der Waals surface area contributed by atoms with Crippen LogP contribution in [0.15, 0.2) is 90.0 Å². The number of carbonyl (C=O) groups is 1. The van der Waals surface area contributed by atoms with Crippen molar-refractivity contribution in [1.82, 2.24) is 5.43 Å². The third kappa shape index (κ3) is 2.93. The van der Waals surface area contributed by atoms with Crippen LogP contribution in [0.1, 0.15) is 27.0 Å². The van der Waals surface area contributed by atoms with Gasteiger partial charge in [0, 0.05) is 11.1 Å². The van der Waals surface area contributed by atoms with E-state index in [1.54, 1.807) is 0 Å². The molecule has 0 unspecified atom stereocenters. The molecule has 0 bridgehead atoms. The van der Waals surface area contributed by atoms with Crippen LogP contribution in [-0.4, -0.2) is 10.8 Å². The lowest BCUT2D eigenvalue weighted by atomic mass is 9.97. The summed E-state index contributed by atoms with van der Waals surface area (Å²) in [7, 11) is 0. The topological polar surface area (TPSA) is 41.5 Å². The molecule has 1 aliphatic heterocycles. The second-order valence-electron chi connectivity index (χ2n) is 6.24. The van der Waals surface area contributed by atoms with E-state index in [1.165, 1.54) is 17.3 Å². The van der Waals surface area contributed by atoms with Gasteiger partial charge in [-0.25, -0.2) is 0 Å². The standard InChI is InChI=1S/C22H18N2OS/c1-16-12-14-18(15-13-16)21-23-24-22(26-21,19-10-6-3-7-11-19)20(25)17-8-4-2-5-9-17/h2-15,24H,1H3/t22-/m0/s1. The van der Waals surface area contributed by atoms with Crippen LogP contribution in [0, 0.1) is 6.92 Å². The first-order chi connectivity index (χ1) is 12.7. The fourth-order valence-electron chi connectivity index (χ4n) is 2.96. The Morgan fingerprint density at radius 2 is 1.50 bits per heavy atom. The maximum absolute atomic E-state index is 13.4. The normalized spacial score (nSPS) is 18.9. The van der Waals surface area contributed by atoms with Gasteiger partial charge >= 0.3 is 0 Å². The third-order valence-corrected chi connectivity index (χ3v) is 5.74. The first-order valence-electron chi connectivity index (χ1n) is 8.45. The molecule has 1 N–H and O–H groups in total. The zero-order valence-electron chi connectivity index (χ0n) is 14.3. The van der Waals surface area contributed by atoms with Crippen LogP contribution in [-0.2, 0) is 4.87 Å². The molecule has 1 heterocycles. The number of Topliss-reactive ketones (excluding diaryl/α,β-unsaturated/α-hetero) is 1. The summed E-state index contributed by atoms with van der Waals surface area (Å²) in [6.45, 7) is 2.05. The average Bonchev–Trinajstić information content (AvgIpc) is 3.16. The van der Waals surface area contributed by atoms with Gasteiger partial charge in [0.1, 0.15) is 5.04 Å². The van der Waals surface area contributed by atoms with Crippen molar-refractivity contribution >= 4 is 22.6 Å². The van der Waals surface area contributed by atoms with Crippen LogP contribution in [0.2, 0.25) is 0 Å². The Balaban J connectivity index is 1.75. The number of ketones is 1. The molecule has 3 aromatic carbocycles. The number of rotatable bonds is 4. The molecule has 26 heavy (non-hydrogen) atoms. The number of benzene rings is 3. The largest absolute Gasteiger partial charge is 0.290 e. The van der Waals surface area contributed by atoms with Crippen molar-refractivity contribution in [2.24, 2.45) is 5.10 Å². The molecular weight excluding hydrogens is 340 g/mol. The van der Waals surface area contributed by atoms with Gasteiger partial charge in [0.2, 0.25) is 5.78 Å². The van der Waals surface area contributed by atoms with Crippen LogP contribution < -0.4 is 5.43 Å². The lowest BCUT2D eigenvalue weighted by Gasteiger charge is -2.27. The summed E-state index contributed by atoms with van der Waals surface area (Å²) in [6.07, 6.45) is 0. The van der Waals surface area contributed by atoms with E-state index in [4.69, 9.17) is 0 Å². The Labute approximate surface area is 157 Å². The van der Waals surface area contributed by atoms with E-state index < -0.39 is 4.87 Å². The highest BCUT2D eigenvalue weighted by Gasteiger charge is 2.46. The zero-order chi connectivity index (χ0) is 18.0. The van der Waals surface area contributed by atoms with Crippen molar-refractivity contribution in [3.8, 4) is 0 Å². The molecule has 3 aromatic rings. The lowest BCUT2D eigenvalue weighted by molar-refractivity contribution is 0.0925. The maximum Gasteiger partial charge on any atom is 0.205 e. The highest BCUT2D eigenvalue weighted by Crippen LogP contribution is 2.43. The molecular formula is C22H18N2OS. The fraction of sp³-hybridized carbons (Fsp3) is 0.0909. The molecule has 1 atom stereocenters. The predicted molar refractivity (Wildman–Crippen MR) is 107 cm³/mol. The Kier molecular flexibility index (Phi) is 4.35. The predicted octanol–water partition coefficient (Wildman–Crippen LogP) is 4.73. The van der Waals surface area contributed by atoms with Gasteiger partial charge in [-0.15, -0.1) is 0 Å². The molecule has 0 radical (unpaired) electrons. The molecule has 128 valence electrons. The number of carbonyl (C=O) groups excluding carboxylic acids is 1. The molecule has 4 rings (SSSR count). The lowest BCUT2D eigenvalue weighted by Crippen LogP contribution is -2.41. The van der Waals surface area contributed by atoms with E-state index in [1.807, 2.05) is 72.8 Å². The van der Waals surface area contributed by atoms with Crippen molar-refractivity contribution in [2.75, 3.05) is 0 Å². The highest BCUT2D eigenvalue weighted by molar-refractivity contribution is 8.16. The molecule has 0 amide bonds. The van der Waals surface area contributed by atoms with Gasteiger partial charge in [-0.05, 0) is 12.5 Å². The molecule has 0 spiro atoms. The van der Waals surface area contributed by atoms with E-state index in [0.29, 0.717) is 5.56 Å². The van der Waals surface area contributed by atoms with Gasteiger partial charge < -0.3 is 0 Å². The van der Waals surface area contributed by atoms with Gasteiger partial charge in [0.05, 0.1) is 0 Å². The minimum Gasteiger partial charge on any atom is -0.290 e. The first-order valence-corrected chi connectivity index (χ1v) is 9.27. The molecule has 4 heteroatoms. The molecule has 1 aliphatic rings. The molecule has 0 fully saturated rings. The van der Waals surface area contributed by atoms with Gasteiger partial charge in [-0.2, -0.15) is 5.10 Å². The number of thioether (sulfide) groups is 1. The number of hydrazone groups is 1. The van der Waals surface area contributed by atoms with E-state index >= 15 is 0 Å². The number of nitrogens with one attached hydrogen (secondary N) is 1. The summed E-state index contributed by atoms with van der Waals surface area (Å²) in [5.74, 6) is 0.000150. The van der Waals surface area contributed by atoms with Crippen molar-refractivity contribution in [2.45, 2.75) is 11.8 Å². The Hall–Kier alpha value is -2.85. The summed E-state index contributed by atoms with van der Waals surface area (Å²) < 4.78 is 0. The van der Waals surface area contributed by atoms with Crippen LogP contribution in [0.3, 0.4) is 0 Å². The number of hydrogen-bond acceptors (Lipinski definition) is 4. The summed E-state index contributed by atoms with van der Waals surface area (Å²) in [4.78, 5) is 12.5. The molecule has 0 saturated carbocycles. The van der Waals surface area contributed by atoms with E-state index in [9.17, 15) is 4.79 Å². The molecule has 3 nitrogen and oxygen atoms in total. The quantitative estimate of drug-likeness (QED) is 0.686. The first kappa shape index (κ1) is 16.6. The van der Waals surface area contributed by atoms with Crippen molar-refractivity contribution in [1.29, 1.82) is 0 Å². The van der Waals surface area contributed by atoms with Gasteiger partial charge in [-0.1, -0.05) is 102 Å². The van der Waals surface area contributed by atoms with Crippen molar-refractivity contribution in [3.05, 3.63) is 107 Å². The Morgan fingerprint density at radius 3 is 2.15 bits per heavy atom. The third-order valence-electron chi connectivity index (χ3n) is 4.40. The number of nitrogens with zero attached hydrogens (tertiary/aromatic N) is 1. The second kappa shape index (κ2) is 6.81. The fourth-order valence-corrected chi connectivity index (χ4v) is 4.15. The molecule has 0 aromatic heterocycles. The smallest absolute Gasteiger partial charge is 0.205 e. The van der Waals surface area contributed by atoms with Crippen LogP contribution >= 0.6 is 11.8 Å². The van der Waals surface area contributed by atoms with Gasteiger partial charge in [0.25, 0.3) is 0 Å². The second-order valence-corrected chi connectivity index (χ2v) is 7.44. The number of aryl methyl sites for hydroxylation is 1. The van der Waals surface area contributed by atoms with E-state index in [2.05, 4.69) is 29.6 Å². The van der Waals surface area contributed by atoms with E-state index in [0.717, 1.165) is 16.2 Å². The monoisotopic (exact) mass is 358 g/mol. The van der Waals surface area contributed by atoms with E-state index in [-0.39, 0.29) is 5.78 Å². The van der Waals surface area contributed by atoms with Crippen LogP contribution in [0.4, 0.5) is 0 Å². The van der Waals surface area contributed by atoms with Gasteiger partial charge in [-0.3, -0.25) is 10.2 Å². The Morgan fingerprint density at radius 1 is 0.885 bits per heavy atom. The van der Waals surface area contributed by atoms with Gasteiger partial charge in [0.15, 0.2) is 4.87 Å². The average molecular weight is 358 g/mol. The van der Waals surface area contributed by atoms with Crippen LogP contribution in [0.25, 0.3) is 0 Å². The summed E-state index contributed by atoms with van der Waals surface area (Å²) in [6, 6.07) is 27.3. The minimum absolute atomic E-state index is 0.000150. The van der Waals surface area contributed by atoms with Crippen LogP contribution in [0.5, 0.6) is 0 Å². The SMILES string of the molecule is Cc1ccc(C2=NN[C@@](C(=O)c3ccccc3)(c3ccccc3)S2)cc1. The van der Waals surface area contributed by atoms with Crippen molar-refractivity contribution < 1.29 is 4.79 Å².